The Bertz CT molecular complexity index is 405. The van der Waals surface area contributed by atoms with Crippen molar-refractivity contribution < 1.29 is 4.74 Å². The Morgan fingerprint density at radius 3 is 2.62 bits per heavy atom. The SMILES string of the molecule is COC(C)n1ccc(=O)n(C)c1=O. The molecule has 0 aliphatic rings. The minimum atomic E-state index is -0.373. The predicted octanol–water partition coefficient (Wildman–Crippen LogP) is -0.288. The van der Waals surface area contributed by atoms with E-state index in [0.29, 0.717) is 0 Å². The minimum absolute atomic E-state index is 0.315. The Hall–Kier alpha value is -1.36. The Kier molecular flexibility index (Phi) is 2.67. The zero-order valence-corrected chi connectivity index (χ0v) is 7.85. The molecule has 0 fully saturated rings. The molecule has 5 heteroatoms. The van der Waals surface area contributed by atoms with E-state index in [1.807, 2.05) is 0 Å². The lowest BCUT2D eigenvalue weighted by Gasteiger charge is -2.12. The third-order valence-corrected chi connectivity index (χ3v) is 1.95. The lowest BCUT2D eigenvalue weighted by molar-refractivity contribution is 0.0552. The van der Waals surface area contributed by atoms with Gasteiger partial charge >= 0.3 is 5.69 Å². The molecule has 0 bridgehead atoms. The first-order valence-electron chi connectivity index (χ1n) is 3.89. The van der Waals surface area contributed by atoms with Gasteiger partial charge in [0.05, 0.1) is 0 Å². The van der Waals surface area contributed by atoms with Crippen LogP contribution in [-0.4, -0.2) is 16.2 Å². The van der Waals surface area contributed by atoms with E-state index in [1.165, 1.54) is 31.0 Å². The number of aromatic nitrogens is 2. The highest BCUT2D eigenvalue weighted by Crippen LogP contribution is 1.98. The summed E-state index contributed by atoms with van der Waals surface area (Å²) < 4.78 is 7.35. The Morgan fingerprint density at radius 1 is 1.46 bits per heavy atom. The van der Waals surface area contributed by atoms with Gasteiger partial charge in [0.2, 0.25) is 0 Å². The zero-order chi connectivity index (χ0) is 10.0. The van der Waals surface area contributed by atoms with Crippen LogP contribution < -0.4 is 11.2 Å². The van der Waals surface area contributed by atoms with E-state index in [9.17, 15) is 9.59 Å². The van der Waals surface area contributed by atoms with Crippen molar-refractivity contribution in [3.05, 3.63) is 33.1 Å². The molecule has 1 aromatic heterocycles. The van der Waals surface area contributed by atoms with Crippen LogP contribution in [0.5, 0.6) is 0 Å². The summed E-state index contributed by atoms with van der Waals surface area (Å²) in [7, 11) is 2.94. The Labute approximate surface area is 75.2 Å². The van der Waals surface area contributed by atoms with Crippen molar-refractivity contribution >= 4 is 0 Å². The molecular weight excluding hydrogens is 172 g/mol. The summed E-state index contributed by atoms with van der Waals surface area (Å²) in [5.74, 6) is 0. The molecule has 1 aromatic rings. The average molecular weight is 184 g/mol. The van der Waals surface area contributed by atoms with Gasteiger partial charge in [0.1, 0.15) is 6.23 Å². The van der Waals surface area contributed by atoms with Crippen molar-refractivity contribution in [3.8, 4) is 0 Å². The molecule has 1 heterocycles. The number of rotatable bonds is 2. The van der Waals surface area contributed by atoms with Crippen molar-refractivity contribution in [2.45, 2.75) is 13.2 Å². The van der Waals surface area contributed by atoms with E-state index in [4.69, 9.17) is 4.74 Å². The van der Waals surface area contributed by atoms with Gasteiger partial charge in [-0.15, -0.1) is 0 Å². The van der Waals surface area contributed by atoms with Crippen LogP contribution in [0.2, 0.25) is 0 Å². The van der Waals surface area contributed by atoms with Crippen LogP contribution in [0.4, 0.5) is 0 Å². The molecule has 0 spiro atoms. The fourth-order valence-electron chi connectivity index (χ4n) is 0.977. The molecule has 72 valence electrons. The summed E-state index contributed by atoms with van der Waals surface area (Å²) in [4.78, 5) is 22.4. The molecule has 0 N–H and O–H groups in total. The molecule has 0 amide bonds. The number of hydrogen-bond donors (Lipinski definition) is 0. The molecular formula is C8H12N2O3. The van der Waals surface area contributed by atoms with E-state index < -0.39 is 0 Å². The highest BCUT2D eigenvalue weighted by atomic mass is 16.5. The lowest BCUT2D eigenvalue weighted by atomic mass is 10.5. The molecule has 5 nitrogen and oxygen atoms in total. The topological polar surface area (TPSA) is 53.2 Å². The normalized spacial score (nSPS) is 12.8. The van der Waals surface area contributed by atoms with Gasteiger partial charge in [0.15, 0.2) is 0 Å². The summed E-state index contributed by atoms with van der Waals surface area (Å²) >= 11 is 0. The summed E-state index contributed by atoms with van der Waals surface area (Å²) in [6.07, 6.45) is 1.07. The molecule has 0 saturated heterocycles. The monoisotopic (exact) mass is 184 g/mol. The molecule has 0 aliphatic heterocycles. The molecule has 0 saturated carbocycles. The van der Waals surface area contributed by atoms with Crippen LogP contribution in [0.25, 0.3) is 0 Å². The van der Waals surface area contributed by atoms with Gasteiger partial charge in [-0.3, -0.25) is 13.9 Å². The van der Waals surface area contributed by atoms with Crippen LogP contribution >= 0.6 is 0 Å². The van der Waals surface area contributed by atoms with Crippen LogP contribution in [0.3, 0.4) is 0 Å². The Morgan fingerprint density at radius 2 is 2.08 bits per heavy atom. The first-order valence-corrected chi connectivity index (χ1v) is 3.89. The van der Waals surface area contributed by atoms with Gasteiger partial charge in [-0.05, 0) is 6.92 Å². The summed E-state index contributed by atoms with van der Waals surface area (Å²) in [6, 6.07) is 1.33. The summed E-state index contributed by atoms with van der Waals surface area (Å²) in [6.45, 7) is 1.73. The largest absolute Gasteiger partial charge is 0.361 e. The van der Waals surface area contributed by atoms with Crippen molar-refractivity contribution in [1.82, 2.24) is 9.13 Å². The van der Waals surface area contributed by atoms with Gasteiger partial charge in [-0.2, -0.15) is 0 Å². The lowest BCUT2D eigenvalue weighted by Crippen LogP contribution is -2.38. The second-order valence-electron chi connectivity index (χ2n) is 2.74. The maximum Gasteiger partial charge on any atom is 0.332 e. The second-order valence-corrected chi connectivity index (χ2v) is 2.74. The van der Waals surface area contributed by atoms with Crippen molar-refractivity contribution in [2.75, 3.05) is 7.11 Å². The predicted molar refractivity (Wildman–Crippen MR) is 47.7 cm³/mol. The van der Waals surface area contributed by atoms with Crippen LogP contribution in [-0.2, 0) is 11.8 Å². The quantitative estimate of drug-likeness (QED) is 0.634. The smallest absolute Gasteiger partial charge is 0.332 e. The van der Waals surface area contributed by atoms with E-state index in [2.05, 4.69) is 0 Å². The van der Waals surface area contributed by atoms with E-state index >= 15 is 0 Å². The first kappa shape index (κ1) is 9.73. The fourth-order valence-corrected chi connectivity index (χ4v) is 0.977. The molecule has 0 radical (unpaired) electrons. The molecule has 0 aromatic carbocycles. The van der Waals surface area contributed by atoms with Gasteiger partial charge < -0.3 is 4.74 Å². The average Bonchev–Trinajstić information content (AvgIpc) is 2.13. The Balaban J connectivity index is 3.35. The highest BCUT2D eigenvalue weighted by Gasteiger charge is 2.06. The zero-order valence-electron chi connectivity index (χ0n) is 7.85. The molecule has 0 aliphatic carbocycles. The van der Waals surface area contributed by atoms with Crippen LogP contribution in [0.15, 0.2) is 21.9 Å². The standard InChI is InChI=1S/C8H12N2O3/c1-6(13-3)10-5-4-7(11)9(2)8(10)12/h4-6H,1-3H3. The van der Waals surface area contributed by atoms with Gasteiger partial charge in [0.25, 0.3) is 5.56 Å². The van der Waals surface area contributed by atoms with E-state index in [1.54, 1.807) is 6.92 Å². The van der Waals surface area contributed by atoms with Crippen molar-refractivity contribution in [1.29, 1.82) is 0 Å². The maximum atomic E-state index is 11.4. The van der Waals surface area contributed by atoms with E-state index in [0.717, 1.165) is 4.57 Å². The molecule has 1 rings (SSSR count). The first-order chi connectivity index (χ1) is 6.07. The summed E-state index contributed by atoms with van der Waals surface area (Å²) in [5, 5.41) is 0. The van der Waals surface area contributed by atoms with Crippen LogP contribution in [0.1, 0.15) is 13.2 Å². The number of nitrogens with zero attached hydrogens (tertiary/aromatic N) is 2. The fraction of sp³-hybridized carbons (Fsp3) is 0.500. The van der Waals surface area contributed by atoms with Crippen molar-refractivity contribution in [3.63, 3.8) is 0 Å². The van der Waals surface area contributed by atoms with Crippen molar-refractivity contribution in [2.24, 2.45) is 7.05 Å². The number of ether oxygens (including phenoxy) is 1. The number of methoxy groups -OCH3 is 1. The minimum Gasteiger partial charge on any atom is -0.361 e. The van der Waals surface area contributed by atoms with Gasteiger partial charge in [-0.1, -0.05) is 0 Å². The highest BCUT2D eigenvalue weighted by molar-refractivity contribution is 4.85. The van der Waals surface area contributed by atoms with Crippen LogP contribution in [0, 0.1) is 0 Å². The third-order valence-electron chi connectivity index (χ3n) is 1.95. The second kappa shape index (κ2) is 3.57. The molecule has 1 atom stereocenters. The summed E-state index contributed by atoms with van der Waals surface area (Å²) in [5.41, 5.74) is -0.689. The van der Waals surface area contributed by atoms with Gasteiger partial charge in [0, 0.05) is 26.4 Å². The molecule has 1 unspecified atom stereocenters. The number of hydrogen-bond acceptors (Lipinski definition) is 3. The maximum absolute atomic E-state index is 11.4. The van der Waals surface area contributed by atoms with Gasteiger partial charge in [-0.25, -0.2) is 4.79 Å². The third kappa shape index (κ3) is 1.70. The van der Waals surface area contributed by atoms with E-state index in [-0.39, 0.29) is 17.5 Å². The molecule has 13 heavy (non-hydrogen) atoms.